The number of fused-ring (bicyclic) bond motifs is 1. The van der Waals surface area contributed by atoms with Gasteiger partial charge in [-0.15, -0.1) is 0 Å². The smallest absolute Gasteiger partial charge is 0.253 e. The van der Waals surface area contributed by atoms with Gasteiger partial charge in [0.25, 0.3) is 10.0 Å². The summed E-state index contributed by atoms with van der Waals surface area (Å²) in [5.41, 5.74) is 1.29. The van der Waals surface area contributed by atoms with Crippen molar-refractivity contribution in [2.45, 2.75) is 6.92 Å². The van der Waals surface area contributed by atoms with E-state index in [2.05, 4.69) is 20.3 Å². The van der Waals surface area contributed by atoms with Gasteiger partial charge in [-0.05, 0) is 28.9 Å². The zero-order chi connectivity index (χ0) is 13.3. The molecule has 1 aromatic rings. The maximum atomic E-state index is 11.9. The molecule has 0 fully saturated rings. The van der Waals surface area contributed by atoms with Crippen LogP contribution in [0.25, 0.3) is 0 Å². The average molecular weight is 328 g/mol. The Kier molecular flexibility index (Phi) is 3.49. The Balaban J connectivity index is 2.67. The normalized spacial score (nSPS) is 17.6. The summed E-state index contributed by atoms with van der Waals surface area (Å²) in [7, 11) is -3.49. The molecular formula is C12H10BrNO3S. The SMILES string of the molecule is CCS(=O)(=O)N=C1C=C(Br)C(=O)c2ccccc21. The molecule has 1 aliphatic carbocycles. The van der Waals surface area contributed by atoms with Crippen molar-refractivity contribution in [3.05, 3.63) is 46.0 Å². The van der Waals surface area contributed by atoms with Gasteiger partial charge < -0.3 is 0 Å². The van der Waals surface area contributed by atoms with Crippen LogP contribution in [0.2, 0.25) is 0 Å². The summed E-state index contributed by atoms with van der Waals surface area (Å²) in [6.07, 6.45) is 1.44. The molecule has 4 nitrogen and oxygen atoms in total. The fraction of sp³-hybridized carbons (Fsp3) is 0.167. The van der Waals surface area contributed by atoms with E-state index in [9.17, 15) is 13.2 Å². The first kappa shape index (κ1) is 13.2. The number of nitrogens with zero attached hydrogens (tertiary/aromatic N) is 1. The van der Waals surface area contributed by atoms with Crippen LogP contribution in [0.4, 0.5) is 0 Å². The Morgan fingerprint density at radius 2 is 1.83 bits per heavy atom. The third kappa shape index (κ3) is 2.44. The van der Waals surface area contributed by atoms with E-state index in [0.717, 1.165) is 0 Å². The van der Waals surface area contributed by atoms with Gasteiger partial charge in [0.2, 0.25) is 5.78 Å². The number of Topliss-reactive ketones (excluding diaryl/α,β-unsaturated/α-hetero) is 1. The van der Waals surface area contributed by atoms with Crippen LogP contribution >= 0.6 is 15.9 Å². The largest absolute Gasteiger partial charge is 0.288 e. The molecule has 0 bridgehead atoms. The lowest BCUT2D eigenvalue weighted by Crippen LogP contribution is -2.16. The summed E-state index contributed by atoms with van der Waals surface area (Å²) in [6, 6.07) is 6.81. The number of hydrogen-bond donors (Lipinski definition) is 0. The van der Waals surface area contributed by atoms with E-state index in [1.54, 1.807) is 24.3 Å². The Hall–Kier alpha value is -1.27. The lowest BCUT2D eigenvalue weighted by Gasteiger charge is -2.13. The van der Waals surface area contributed by atoms with Crippen LogP contribution in [-0.4, -0.2) is 25.7 Å². The molecule has 18 heavy (non-hydrogen) atoms. The number of ketones is 1. The van der Waals surface area contributed by atoms with Crippen molar-refractivity contribution in [2.24, 2.45) is 4.40 Å². The molecule has 0 unspecified atom stereocenters. The molecule has 0 radical (unpaired) electrons. The van der Waals surface area contributed by atoms with E-state index >= 15 is 0 Å². The van der Waals surface area contributed by atoms with Gasteiger partial charge in [0.15, 0.2) is 0 Å². The predicted molar refractivity (Wildman–Crippen MR) is 73.8 cm³/mol. The highest BCUT2D eigenvalue weighted by Gasteiger charge is 2.23. The number of benzene rings is 1. The third-order valence-electron chi connectivity index (χ3n) is 2.53. The van der Waals surface area contributed by atoms with Gasteiger partial charge in [0.1, 0.15) is 0 Å². The minimum Gasteiger partial charge on any atom is -0.288 e. The van der Waals surface area contributed by atoms with Crippen molar-refractivity contribution in [2.75, 3.05) is 5.75 Å². The quantitative estimate of drug-likeness (QED) is 0.837. The number of sulfonamides is 1. The Morgan fingerprint density at radius 1 is 1.22 bits per heavy atom. The predicted octanol–water partition coefficient (Wildman–Crippen LogP) is 2.30. The molecule has 0 N–H and O–H groups in total. The topological polar surface area (TPSA) is 63.6 Å². The monoisotopic (exact) mass is 327 g/mol. The van der Waals surface area contributed by atoms with Crippen molar-refractivity contribution in [1.82, 2.24) is 0 Å². The molecule has 1 aliphatic rings. The summed E-state index contributed by atoms with van der Waals surface area (Å²) in [4.78, 5) is 11.9. The molecule has 0 atom stereocenters. The van der Waals surface area contributed by atoms with E-state index in [1.807, 2.05) is 0 Å². The molecule has 0 amide bonds. The van der Waals surface area contributed by atoms with Crippen molar-refractivity contribution in [3.63, 3.8) is 0 Å². The highest BCUT2D eigenvalue weighted by molar-refractivity contribution is 9.12. The first-order chi connectivity index (χ1) is 8.44. The lowest BCUT2D eigenvalue weighted by molar-refractivity contribution is 0.104. The molecule has 0 saturated heterocycles. The van der Waals surface area contributed by atoms with Gasteiger partial charge in [-0.1, -0.05) is 24.3 Å². The number of hydrogen-bond acceptors (Lipinski definition) is 3. The van der Waals surface area contributed by atoms with Gasteiger partial charge in [-0.25, -0.2) is 8.42 Å². The third-order valence-corrected chi connectivity index (χ3v) is 4.32. The summed E-state index contributed by atoms with van der Waals surface area (Å²) in [6.45, 7) is 1.53. The fourth-order valence-corrected chi connectivity index (χ4v) is 2.60. The molecule has 6 heteroatoms. The standard InChI is InChI=1S/C12H10BrNO3S/c1-2-18(16,17)14-11-7-10(13)12(15)9-6-4-3-5-8(9)11/h3-7H,2H2,1H3. The minimum atomic E-state index is -3.49. The van der Waals surface area contributed by atoms with Crippen molar-refractivity contribution in [1.29, 1.82) is 0 Å². The van der Waals surface area contributed by atoms with Crippen LogP contribution in [0.3, 0.4) is 0 Å². The molecule has 0 aliphatic heterocycles. The van der Waals surface area contributed by atoms with Crippen molar-refractivity contribution < 1.29 is 13.2 Å². The highest BCUT2D eigenvalue weighted by atomic mass is 79.9. The molecule has 0 aromatic heterocycles. The summed E-state index contributed by atoms with van der Waals surface area (Å²) in [5.74, 6) is -0.239. The van der Waals surface area contributed by atoms with Crippen molar-refractivity contribution in [3.8, 4) is 0 Å². The van der Waals surface area contributed by atoms with E-state index < -0.39 is 10.0 Å². The number of carbonyl (C=O) groups is 1. The van der Waals surface area contributed by atoms with Gasteiger partial charge in [-0.2, -0.15) is 4.40 Å². The van der Waals surface area contributed by atoms with E-state index in [-0.39, 0.29) is 11.5 Å². The second-order valence-corrected chi connectivity index (χ2v) is 6.49. The first-order valence-electron chi connectivity index (χ1n) is 5.28. The molecule has 0 spiro atoms. The van der Waals surface area contributed by atoms with E-state index in [0.29, 0.717) is 21.3 Å². The number of rotatable bonds is 2. The number of halogens is 1. The van der Waals surface area contributed by atoms with E-state index in [4.69, 9.17) is 0 Å². The zero-order valence-corrected chi connectivity index (χ0v) is 12.0. The van der Waals surface area contributed by atoms with Crippen LogP contribution in [0.1, 0.15) is 22.8 Å². The van der Waals surface area contributed by atoms with Crippen LogP contribution in [0.5, 0.6) is 0 Å². The molecule has 2 rings (SSSR count). The Labute approximate surface area is 114 Å². The van der Waals surface area contributed by atoms with Crippen LogP contribution in [-0.2, 0) is 10.0 Å². The number of allylic oxidation sites excluding steroid dienone is 2. The number of carbonyl (C=O) groups excluding carboxylic acids is 1. The molecule has 0 heterocycles. The highest BCUT2D eigenvalue weighted by Crippen LogP contribution is 2.25. The molecular weight excluding hydrogens is 318 g/mol. The maximum Gasteiger partial charge on any atom is 0.253 e. The lowest BCUT2D eigenvalue weighted by atomic mass is 9.94. The molecule has 1 aromatic carbocycles. The van der Waals surface area contributed by atoms with Gasteiger partial charge >= 0.3 is 0 Å². The average Bonchev–Trinajstić information content (AvgIpc) is 2.35. The summed E-state index contributed by atoms with van der Waals surface area (Å²) < 4.78 is 27.2. The Morgan fingerprint density at radius 3 is 2.44 bits per heavy atom. The first-order valence-corrected chi connectivity index (χ1v) is 7.69. The second kappa shape index (κ2) is 4.78. The van der Waals surface area contributed by atoms with E-state index in [1.165, 1.54) is 13.0 Å². The van der Waals surface area contributed by atoms with Crippen molar-refractivity contribution >= 4 is 37.4 Å². The summed E-state index contributed by atoms with van der Waals surface area (Å²) >= 11 is 3.13. The van der Waals surface area contributed by atoms with Crippen LogP contribution in [0, 0.1) is 0 Å². The van der Waals surface area contributed by atoms with Gasteiger partial charge in [0, 0.05) is 11.1 Å². The van der Waals surface area contributed by atoms with Crippen LogP contribution in [0.15, 0.2) is 39.2 Å². The maximum absolute atomic E-state index is 11.9. The Bertz CT molecular complexity index is 674. The zero-order valence-electron chi connectivity index (χ0n) is 9.55. The molecule has 0 saturated carbocycles. The van der Waals surface area contributed by atoms with Gasteiger partial charge in [-0.3, -0.25) is 4.79 Å². The second-order valence-electron chi connectivity index (χ2n) is 3.71. The van der Waals surface area contributed by atoms with Gasteiger partial charge in [0.05, 0.1) is 15.9 Å². The molecule has 94 valence electrons. The van der Waals surface area contributed by atoms with Crippen LogP contribution < -0.4 is 0 Å². The fourth-order valence-electron chi connectivity index (χ4n) is 1.59. The summed E-state index contributed by atoms with van der Waals surface area (Å²) in [5, 5.41) is 0. The minimum absolute atomic E-state index is 0.0714.